The van der Waals surface area contributed by atoms with Crippen molar-refractivity contribution >= 4 is 17.9 Å². The molecule has 2 aliphatic rings. The van der Waals surface area contributed by atoms with Crippen LogP contribution in [0.4, 0.5) is 10.6 Å². The standard InChI is InChI=1S/C22H35N5O4/c1-22(2,3)31-21(29)27-15-13-25(14-16-27)10-7-17-8-11-26(12-9-17)19-6-5-18(23-24-19)20(28)30-4/h5-6,17H,7-16H2,1-4H3. The van der Waals surface area contributed by atoms with Gasteiger partial charge in [0.2, 0.25) is 0 Å². The number of nitrogens with zero attached hydrogens (tertiary/aromatic N) is 5. The highest BCUT2D eigenvalue weighted by Gasteiger charge is 2.27. The number of anilines is 1. The summed E-state index contributed by atoms with van der Waals surface area (Å²) in [6.45, 7) is 11.9. The van der Waals surface area contributed by atoms with E-state index >= 15 is 0 Å². The van der Waals surface area contributed by atoms with Crippen LogP contribution >= 0.6 is 0 Å². The van der Waals surface area contributed by atoms with Gasteiger partial charge in [-0.1, -0.05) is 0 Å². The highest BCUT2D eigenvalue weighted by Crippen LogP contribution is 2.24. The van der Waals surface area contributed by atoms with Gasteiger partial charge >= 0.3 is 12.1 Å². The number of ether oxygens (including phenoxy) is 2. The van der Waals surface area contributed by atoms with E-state index in [0.29, 0.717) is 5.92 Å². The second-order valence-electron chi connectivity index (χ2n) is 9.30. The highest BCUT2D eigenvalue weighted by atomic mass is 16.6. The van der Waals surface area contributed by atoms with Crippen LogP contribution in [0.5, 0.6) is 0 Å². The zero-order valence-corrected chi connectivity index (χ0v) is 19.2. The van der Waals surface area contributed by atoms with E-state index in [1.807, 2.05) is 31.7 Å². The molecule has 3 heterocycles. The molecule has 0 aliphatic carbocycles. The molecule has 1 aromatic heterocycles. The monoisotopic (exact) mass is 433 g/mol. The van der Waals surface area contributed by atoms with E-state index in [-0.39, 0.29) is 11.8 Å². The molecule has 3 rings (SSSR count). The van der Waals surface area contributed by atoms with E-state index in [9.17, 15) is 9.59 Å². The minimum atomic E-state index is -0.468. The molecule has 0 unspecified atom stereocenters. The van der Waals surface area contributed by atoms with Gasteiger partial charge in [-0.15, -0.1) is 10.2 Å². The Morgan fingerprint density at radius 2 is 1.71 bits per heavy atom. The lowest BCUT2D eigenvalue weighted by molar-refractivity contribution is 0.0140. The number of rotatable bonds is 5. The summed E-state index contributed by atoms with van der Waals surface area (Å²) >= 11 is 0. The van der Waals surface area contributed by atoms with Gasteiger partial charge in [-0.05, 0) is 64.6 Å². The van der Waals surface area contributed by atoms with Crippen LogP contribution in [0, 0.1) is 5.92 Å². The molecule has 1 aromatic rings. The molecule has 0 aromatic carbocycles. The first-order valence-electron chi connectivity index (χ1n) is 11.1. The number of methoxy groups -OCH3 is 1. The first-order valence-corrected chi connectivity index (χ1v) is 11.1. The SMILES string of the molecule is COC(=O)c1ccc(N2CCC(CCN3CCN(C(=O)OC(C)(C)C)CC3)CC2)nn1. The van der Waals surface area contributed by atoms with Gasteiger partial charge < -0.3 is 19.3 Å². The average molecular weight is 434 g/mol. The zero-order valence-electron chi connectivity index (χ0n) is 19.2. The molecule has 0 N–H and O–H groups in total. The second-order valence-corrected chi connectivity index (χ2v) is 9.30. The quantitative estimate of drug-likeness (QED) is 0.654. The number of carbonyl (C=O) groups excluding carboxylic acids is 2. The fourth-order valence-corrected chi connectivity index (χ4v) is 4.00. The fraction of sp³-hybridized carbons (Fsp3) is 0.727. The third kappa shape index (κ3) is 6.78. The van der Waals surface area contributed by atoms with Crippen LogP contribution in [0.25, 0.3) is 0 Å². The lowest BCUT2D eigenvalue weighted by Gasteiger charge is -2.37. The maximum absolute atomic E-state index is 12.2. The van der Waals surface area contributed by atoms with Gasteiger partial charge in [0, 0.05) is 39.3 Å². The summed E-state index contributed by atoms with van der Waals surface area (Å²) < 4.78 is 10.1. The number of esters is 1. The summed E-state index contributed by atoms with van der Waals surface area (Å²) in [6, 6.07) is 3.50. The van der Waals surface area contributed by atoms with Crippen molar-refractivity contribution in [3.63, 3.8) is 0 Å². The number of aromatic nitrogens is 2. The van der Waals surface area contributed by atoms with Crippen LogP contribution in [0.1, 0.15) is 50.5 Å². The molecule has 172 valence electrons. The van der Waals surface area contributed by atoms with Crippen molar-refractivity contribution < 1.29 is 19.1 Å². The largest absolute Gasteiger partial charge is 0.464 e. The summed E-state index contributed by atoms with van der Waals surface area (Å²) in [6.07, 6.45) is 3.21. The predicted molar refractivity (Wildman–Crippen MR) is 117 cm³/mol. The number of carbonyl (C=O) groups is 2. The molecule has 0 bridgehead atoms. The molecule has 2 fully saturated rings. The molecule has 9 heteroatoms. The van der Waals surface area contributed by atoms with Crippen molar-refractivity contribution in [2.45, 2.75) is 45.6 Å². The molecule has 9 nitrogen and oxygen atoms in total. The lowest BCUT2D eigenvalue weighted by Crippen LogP contribution is -2.50. The average Bonchev–Trinajstić information content (AvgIpc) is 2.77. The van der Waals surface area contributed by atoms with Gasteiger partial charge in [0.05, 0.1) is 7.11 Å². The summed E-state index contributed by atoms with van der Waals surface area (Å²) in [5.74, 6) is 1.04. The Labute approximate surface area is 184 Å². The fourth-order valence-electron chi connectivity index (χ4n) is 4.00. The van der Waals surface area contributed by atoms with Crippen molar-refractivity contribution in [3.8, 4) is 0 Å². The molecule has 1 amide bonds. The Balaban J connectivity index is 1.35. The van der Waals surface area contributed by atoms with Gasteiger partial charge in [-0.3, -0.25) is 4.90 Å². The molecule has 0 spiro atoms. The number of hydrogen-bond donors (Lipinski definition) is 0. The third-order valence-corrected chi connectivity index (χ3v) is 5.86. The zero-order chi connectivity index (χ0) is 22.4. The summed E-state index contributed by atoms with van der Waals surface area (Å²) in [5, 5.41) is 8.15. The Morgan fingerprint density at radius 1 is 1.03 bits per heavy atom. The van der Waals surface area contributed by atoms with Crippen molar-refractivity contribution in [2.75, 3.05) is 57.8 Å². The lowest BCUT2D eigenvalue weighted by atomic mass is 9.93. The van der Waals surface area contributed by atoms with Gasteiger partial charge in [-0.2, -0.15) is 0 Å². The van der Waals surface area contributed by atoms with E-state index in [1.54, 1.807) is 6.07 Å². The van der Waals surface area contributed by atoms with Crippen molar-refractivity contribution in [3.05, 3.63) is 17.8 Å². The van der Waals surface area contributed by atoms with Crippen LogP contribution in [-0.4, -0.2) is 90.6 Å². The van der Waals surface area contributed by atoms with E-state index in [0.717, 1.165) is 64.5 Å². The van der Waals surface area contributed by atoms with Crippen molar-refractivity contribution in [1.29, 1.82) is 0 Å². The van der Waals surface area contributed by atoms with Gasteiger partial charge in [-0.25, -0.2) is 9.59 Å². The Kier molecular flexibility index (Phi) is 7.69. The van der Waals surface area contributed by atoms with E-state index < -0.39 is 11.6 Å². The highest BCUT2D eigenvalue weighted by molar-refractivity contribution is 5.86. The molecule has 0 saturated carbocycles. The van der Waals surface area contributed by atoms with Crippen LogP contribution in [-0.2, 0) is 9.47 Å². The number of piperidine rings is 1. The molecular weight excluding hydrogens is 398 g/mol. The first kappa shape index (κ1) is 23.2. The molecule has 31 heavy (non-hydrogen) atoms. The maximum atomic E-state index is 12.2. The summed E-state index contributed by atoms with van der Waals surface area (Å²) in [7, 11) is 1.34. The minimum absolute atomic E-state index is 0.206. The van der Waals surface area contributed by atoms with Crippen LogP contribution in [0.2, 0.25) is 0 Å². The third-order valence-electron chi connectivity index (χ3n) is 5.86. The van der Waals surface area contributed by atoms with Crippen LogP contribution < -0.4 is 4.90 Å². The summed E-state index contributed by atoms with van der Waals surface area (Å²) in [5.41, 5.74) is -0.217. The normalized spacial score (nSPS) is 18.7. The Bertz CT molecular complexity index is 733. The van der Waals surface area contributed by atoms with Crippen LogP contribution in [0.3, 0.4) is 0 Å². The second kappa shape index (κ2) is 10.3. The van der Waals surface area contributed by atoms with E-state index in [1.165, 1.54) is 13.5 Å². The predicted octanol–water partition coefficient (Wildman–Crippen LogP) is 2.42. The Morgan fingerprint density at radius 3 is 2.26 bits per heavy atom. The molecule has 0 atom stereocenters. The first-order chi connectivity index (χ1) is 14.7. The number of amides is 1. The van der Waals surface area contributed by atoms with Gasteiger partial charge in [0.1, 0.15) is 5.60 Å². The maximum Gasteiger partial charge on any atom is 0.410 e. The number of hydrogen-bond acceptors (Lipinski definition) is 8. The smallest absolute Gasteiger partial charge is 0.410 e. The van der Waals surface area contributed by atoms with Crippen molar-refractivity contribution in [2.24, 2.45) is 5.92 Å². The number of piperazine rings is 1. The van der Waals surface area contributed by atoms with Gasteiger partial charge in [0.15, 0.2) is 11.5 Å². The molecule has 2 saturated heterocycles. The van der Waals surface area contributed by atoms with E-state index in [2.05, 4.69) is 24.7 Å². The molecule has 2 aliphatic heterocycles. The molecule has 0 radical (unpaired) electrons. The Hall–Kier alpha value is -2.42. The molecular formula is C22H35N5O4. The van der Waals surface area contributed by atoms with E-state index in [4.69, 9.17) is 4.74 Å². The van der Waals surface area contributed by atoms with Gasteiger partial charge in [0.25, 0.3) is 0 Å². The minimum Gasteiger partial charge on any atom is -0.464 e. The topological polar surface area (TPSA) is 88.1 Å². The van der Waals surface area contributed by atoms with Crippen molar-refractivity contribution in [1.82, 2.24) is 20.0 Å². The van der Waals surface area contributed by atoms with Crippen LogP contribution in [0.15, 0.2) is 12.1 Å². The summed E-state index contributed by atoms with van der Waals surface area (Å²) in [4.78, 5) is 30.2.